The fourth-order valence-corrected chi connectivity index (χ4v) is 6.16. The van der Waals surface area contributed by atoms with Crippen LogP contribution in [0.1, 0.15) is 41.3 Å². The highest BCUT2D eigenvalue weighted by Gasteiger charge is 2.38. The molecule has 1 aromatic heterocycles. The van der Waals surface area contributed by atoms with Crippen molar-refractivity contribution in [3.63, 3.8) is 0 Å². The highest BCUT2D eigenvalue weighted by molar-refractivity contribution is 7.91. The zero-order valence-corrected chi connectivity index (χ0v) is 19.5. The van der Waals surface area contributed by atoms with Crippen molar-refractivity contribution in [1.82, 2.24) is 9.99 Å². The molecule has 0 bridgehead atoms. The average molecular weight is 494 g/mol. The summed E-state index contributed by atoms with van der Waals surface area (Å²) in [6, 6.07) is 15.4. The van der Waals surface area contributed by atoms with Crippen molar-refractivity contribution >= 4 is 44.1 Å². The maximum absolute atomic E-state index is 13.6. The predicted molar refractivity (Wildman–Crippen MR) is 128 cm³/mol. The van der Waals surface area contributed by atoms with Crippen molar-refractivity contribution in [2.24, 2.45) is 5.10 Å². The largest absolute Gasteiger partial charge is 0.444 e. The molecule has 0 radical (unpaired) electrons. The minimum atomic E-state index is -3.24. The molecule has 1 saturated heterocycles. The van der Waals surface area contributed by atoms with E-state index in [9.17, 15) is 22.8 Å². The second kappa shape index (κ2) is 9.10. The van der Waals surface area contributed by atoms with Crippen LogP contribution in [-0.2, 0) is 24.2 Å². The third-order valence-corrected chi connectivity index (χ3v) is 8.02. The van der Waals surface area contributed by atoms with Crippen LogP contribution in [0.15, 0.2) is 65.9 Å². The Morgan fingerprint density at radius 2 is 1.80 bits per heavy atom. The Morgan fingerprint density at radius 3 is 2.54 bits per heavy atom. The lowest BCUT2D eigenvalue weighted by molar-refractivity contribution is -0.140. The van der Waals surface area contributed by atoms with Crippen molar-refractivity contribution in [3.8, 4) is 0 Å². The third kappa shape index (κ3) is 4.61. The van der Waals surface area contributed by atoms with Crippen molar-refractivity contribution in [2.45, 2.75) is 31.4 Å². The molecular weight excluding hydrogens is 470 g/mol. The van der Waals surface area contributed by atoms with E-state index in [0.717, 1.165) is 10.5 Å². The number of nitrogens with zero attached hydrogens (tertiary/aromatic N) is 2. The number of fused-ring (bicyclic) bond motifs is 1. The number of sulfone groups is 1. The SMILES string of the molecule is O=C(O[C@@H](C(=O)c1c[nH]c2ccccc12)c1ccccc1)C1=NN([C@H]2CCS(=O)(=O)C2)C(=O)CC1. The molecule has 3 aromatic rings. The topological polar surface area (TPSA) is 126 Å². The zero-order valence-electron chi connectivity index (χ0n) is 18.7. The first-order valence-corrected chi connectivity index (χ1v) is 13.1. The normalized spacial score (nSPS) is 20.5. The van der Waals surface area contributed by atoms with E-state index in [0.29, 0.717) is 16.5 Å². The summed E-state index contributed by atoms with van der Waals surface area (Å²) >= 11 is 0. The number of ether oxygens (including phenoxy) is 1. The fraction of sp³-hybridized carbons (Fsp3) is 0.280. The number of rotatable bonds is 6. The summed E-state index contributed by atoms with van der Waals surface area (Å²) in [5.41, 5.74) is 1.66. The summed E-state index contributed by atoms with van der Waals surface area (Å²) in [7, 11) is -3.24. The number of esters is 1. The zero-order chi connectivity index (χ0) is 24.6. The number of hydrazone groups is 1. The standard InChI is InChI=1S/C25H23N3O6S/c29-22-11-10-21(27-28(22)17-12-13-35(32,33)15-17)25(31)34-24(16-6-2-1-3-7-16)23(30)19-14-26-20-9-5-4-8-18(19)20/h1-9,14,17,24,26H,10-13,15H2/t17-,24+/m0/s1. The van der Waals surface area contributed by atoms with Gasteiger partial charge in [0.05, 0.1) is 17.5 Å². The molecule has 1 N–H and O–H groups in total. The first-order chi connectivity index (χ1) is 16.8. The van der Waals surface area contributed by atoms with Gasteiger partial charge in [-0.2, -0.15) is 5.10 Å². The summed E-state index contributed by atoms with van der Waals surface area (Å²) in [6.45, 7) is 0. The Bertz CT molecular complexity index is 1440. The number of amides is 1. The van der Waals surface area contributed by atoms with Crippen LogP contribution in [0, 0.1) is 0 Å². The molecule has 0 aliphatic carbocycles. The number of nitrogens with one attached hydrogen (secondary N) is 1. The molecule has 0 spiro atoms. The van der Waals surface area contributed by atoms with Crippen LogP contribution in [-0.4, -0.2) is 59.3 Å². The smallest absolute Gasteiger partial charge is 0.355 e. The molecule has 2 aliphatic heterocycles. The van der Waals surface area contributed by atoms with E-state index >= 15 is 0 Å². The molecule has 35 heavy (non-hydrogen) atoms. The van der Waals surface area contributed by atoms with Crippen LogP contribution in [0.25, 0.3) is 10.9 Å². The van der Waals surface area contributed by atoms with Crippen LogP contribution in [0.2, 0.25) is 0 Å². The second-order valence-electron chi connectivity index (χ2n) is 8.65. The van der Waals surface area contributed by atoms with Crippen LogP contribution in [0.5, 0.6) is 0 Å². The van der Waals surface area contributed by atoms with Gasteiger partial charge in [0.2, 0.25) is 11.7 Å². The summed E-state index contributed by atoms with van der Waals surface area (Å²) in [4.78, 5) is 42.2. The van der Waals surface area contributed by atoms with Gasteiger partial charge in [-0.3, -0.25) is 9.59 Å². The number of aromatic nitrogens is 1. The number of H-pyrrole nitrogens is 1. The minimum Gasteiger partial charge on any atom is -0.444 e. The highest BCUT2D eigenvalue weighted by Crippen LogP contribution is 2.28. The maximum atomic E-state index is 13.6. The van der Waals surface area contributed by atoms with Crippen LogP contribution >= 0.6 is 0 Å². The molecule has 3 heterocycles. The molecule has 2 aliphatic rings. The quantitative estimate of drug-likeness (QED) is 0.416. The van der Waals surface area contributed by atoms with Gasteiger partial charge in [0.25, 0.3) is 0 Å². The number of hydrogen-bond acceptors (Lipinski definition) is 7. The van der Waals surface area contributed by atoms with Gasteiger partial charge in [-0.15, -0.1) is 0 Å². The monoisotopic (exact) mass is 493 g/mol. The lowest BCUT2D eigenvalue weighted by atomic mass is 9.99. The Hall–Kier alpha value is -3.79. The number of hydrogen-bond donors (Lipinski definition) is 1. The molecule has 9 nitrogen and oxygen atoms in total. The molecule has 1 amide bonds. The van der Waals surface area contributed by atoms with Gasteiger partial charge in [0.15, 0.2) is 15.9 Å². The Balaban J connectivity index is 1.43. The predicted octanol–water partition coefficient (Wildman–Crippen LogP) is 2.80. The Labute approximate surface area is 201 Å². The number of benzene rings is 2. The van der Waals surface area contributed by atoms with E-state index in [2.05, 4.69) is 10.1 Å². The minimum absolute atomic E-state index is 0.0108. The van der Waals surface area contributed by atoms with Crippen LogP contribution in [0.4, 0.5) is 0 Å². The van der Waals surface area contributed by atoms with E-state index in [4.69, 9.17) is 4.74 Å². The van der Waals surface area contributed by atoms with Crippen molar-refractivity contribution in [3.05, 3.63) is 71.9 Å². The van der Waals surface area contributed by atoms with Gasteiger partial charge >= 0.3 is 5.97 Å². The van der Waals surface area contributed by atoms with E-state index < -0.39 is 33.7 Å². The summed E-state index contributed by atoms with van der Waals surface area (Å²) in [5, 5.41) is 5.99. The number of Topliss-reactive ketones (excluding diaryl/α,β-unsaturated/α-hetero) is 1. The lowest BCUT2D eigenvalue weighted by Gasteiger charge is -2.27. The van der Waals surface area contributed by atoms with Crippen LogP contribution in [0.3, 0.4) is 0 Å². The molecule has 10 heteroatoms. The van der Waals surface area contributed by atoms with Gasteiger partial charge in [-0.05, 0) is 12.5 Å². The molecule has 180 valence electrons. The molecule has 2 atom stereocenters. The van der Waals surface area contributed by atoms with Crippen molar-refractivity contribution in [1.29, 1.82) is 0 Å². The summed E-state index contributed by atoms with van der Waals surface area (Å²) < 4.78 is 29.4. The molecule has 0 saturated carbocycles. The molecular formula is C25H23N3O6S. The molecule has 2 aromatic carbocycles. The van der Waals surface area contributed by atoms with Crippen LogP contribution < -0.4 is 0 Å². The Morgan fingerprint density at radius 1 is 1.06 bits per heavy atom. The van der Waals surface area contributed by atoms with Crippen molar-refractivity contribution in [2.75, 3.05) is 11.5 Å². The number of carbonyl (C=O) groups excluding carboxylic acids is 3. The molecule has 1 fully saturated rings. The fourth-order valence-electron chi connectivity index (χ4n) is 4.46. The first-order valence-electron chi connectivity index (χ1n) is 11.3. The van der Waals surface area contributed by atoms with E-state index in [-0.39, 0.29) is 42.4 Å². The first kappa shape index (κ1) is 23.0. The van der Waals surface area contributed by atoms with Crippen molar-refractivity contribution < 1.29 is 27.5 Å². The lowest BCUT2D eigenvalue weighted by Crippen LogP contribution is -2.42. The Kier molecular flexibility index (Phi) is 5.98. The second-order valence-corrected chi connectivity index (χ2v) is 10.9. The van der Waals surface area contributed by atoms with E-state index in [1.165, 1.54) is 0 Å². The van der Waals surface area contributed by atoms with E-state index in [1.807, 2.05) is 24.3 Å². The third-order valence-electron chi connectivity index (χ3n) is 6.27. The summed E-state index contributed by atoms with van der Waals surface area (Å²) in [5.74, 6) is -1.75. The molecule has 0 unspecified atom stereocenters. The van der Waals surface area contributed by atoms with Gasteiger partial charge in [0.1, 0.15) is 5.71 Å². The van der Waals surface area contributed by atoms with E-state index in [1.54, 1.807) is 36.5 Å². The number of carbonyl (C=O) groups is 3. The number of ketones is 1. The average Bonchev–Trinajstić information content (AvgIpc) is 3.45. The highest BCUT2D eigenvalue weighted by atomic mass is 32.2. The summed E-state index contributed by atoms with van der Waals surface area (Å²) in [6.07, 6.45) is 0.706. The van der Waals surface area contributed by atoms with Gasteiger partial charge in [-0.1, -0.05) is 48.5 Å². The van der Waals surface area contributed by atoms with Gasteiger partial charge in [0, 0.05) is 41.1 Å². The maximum Gasteiger partial charge on any atom is 0.355 e. The molecule has 5 rings (SSSR count). The van der Waals surface area contributed by atoms with Gasteiger partial charge in [-0.25, -0.2) is 18.2 Å². The van der Waals surface area contributed by atoms with Gasteiger partial charge < -0.3 is 9.72 Å². The number of para-hydroxylation sites is 1. The number of aromatic amines is 1.